The van der Waals surface area contributed by atoms with Crippen molar-refractivity contribution < 1.29 is 13.2 Å². The fourth-order valence-corrected chi connectivity index (χ4v) is 4.06. The van der Waals surface area contributed by atoms with Crippen molar-refractivity contribution in [3.63, 3.8) is 0 Å². The number of hydrogen-bond donors (Lipinski definition) is 2. The van der Waals surface area contributed by atoms with Crippen LogP contribution in [0.1, 0.15) is 12.8 Å². The summed E-state index contributed by atoms with van der Waals surface area (Å²) in [6.07, 6.45) is 2.16. The molecule has 1 aromatic rings. The second-order valence-electron chi connectivity index (χ2n) is 4.86. The predicted molar refractivity (Wildman–Crippen MR) is 81.5 cm³/mol. The van der Waals surface area contributed by atoms with E-state index in [0.717, 1.165) is 25.9 Å². The topological polar surface area (TPSA) is 67.4 Å². The molecular weight excluding hydrogens is 344 g/mol. The average Bonchev–Trinajstić information content (AvgIpc) is 2.46. The summed E-state index contributed by atoms with van der Waals surface area (Å²) in [5.41, 5.74) is 0. The number of methoxy groups -OCH3 is 1. The van der Waals surface area contributed by atoms with E-state index >= 15 is 0 Å². The van der Waals surface area contributed by atoms with Crippen LogP contribution in [0.3, 0.4) is 0 Å². The molecule has 20 heavy (non-hydrogen) atoms. The number of piperidine rings is 1. The minimum Gasteiger partial charge on any atom is -0.496 e. The van der Waals surface area contributed by atoms with E-state index < -0.39 is 10.0 Å². The van der Waals surface area contributed by atoms with Crippen LogP contribution in [-0.2, 0) is 10.0 Å². The lowest BCUT2D eigenvalue weighted by atomic mass is 10.0. The van der Waals surface area contributed by atoms with E-state index in [9.17, 15) is 8.42 Å². The first-order valence-corrected chi connectivity index (χ1v) is 8.84. The maximum absolute atomic E-state index is 12.2. The number of nitrogens with one attached hydrogen (secondary N) is 2. The summed E-state index contributed by atoms with van der Waals surface area (Å²) in [7, 11) is -1.93. The molecule has 0 aliphatic carbocycles. The van der Waals surface area contributed by atoms with E-state index in [1.807, 2.05) is 0 Å². The summed E-state index contributed by atoms with van der Waals surface area (Å²) in [5, 5.41) is 3.28. The number of sulfonamides is 1. The lowest BCUT2D eigenvalue weighted by Crippen LogP contribution is -2.38. The Balaban J connectivity index is 2.04. The molecule has 7 heteroatoms. The van der Waals surface area contributed by atoms with Crippen molar-refractivity contribution in [2.75, 3.05) is 26.7 Å². The Kier molecular flexibility index (Phi) is 5.42. The van der Waals surface area contributed by atoms with Gasteiger partial charge in [0, 0.05) is 6.54 Å². The molecule has 1 unspecified atom stereocenters. The fraction of sp³-hybridized carbons (Fsp3) is 0.538. The van der Waals surface area contributed by atoms with Gasteiger partial charge in [0.15, 0.2) is 0 Å². The van der Waals surface area contributed by atoms with Crippen molar-refractivity contribution in [2.24, 2.45) is 5.92 Å². The Hall–Kier alpha value is -0.630. The van der Waals surface area contributed by atoms with Crippen LogP contribution >= 0.6 is 15.9 Å². The molecular formula is C13H19BrN2O3S. The Bertz CT molecular complexity index is 557. The van der Waals surface area contributed by atoms with E-state index in [1.165, 1.54) is 0 Å². The summed E-state index contributed by atoms with van der Waals surface area (Å²) < 4.78 is 32.9. The van der Waals surface area contributed by atoms with Crippen LogP contribution in [-0.4, -0.2) is 35.2 Å². The number of benzene rings is 1. The van der Waals surface area contributed by atoms with Gasteiger partial charge in [0.25, 0.3) is 0 Å². The Morgan fingerprint density at radius 3 is 2.90 bits per heavy atom. The number of ether oxygens (including phenoxy) is 1. The van der Waals surface area contributed by atoms with Crippen molar-refractivity contribution >= 4 is 26.0 Å². The Labute approximate surface area is 128 Å². The van der Waals surface area contributed by atoms with Gasteiger partial charge >= 0.3 is 0 Å². The van der Waals surface area contributed by atoms with Gasteiger partial charge in [0.2, 0.25) is 10.0 Å². The molecule has 1 heterocycles. The molecule has 0 bridgehead atoms. The van der Waals surface area contributed by atoms with Crippen LogP contribution in [0.25, 0.3) is 0 Å². The third-order valence-electron chi connectivity index (χ3n) is 3.39. The first-order chi connectivity index (χ1) is 9.53. The molecule has 0 amide bonds. The molecule has 0 saturated carbocycles. The zero-order valence-electron chi connectivity index (χ0n) is 11.4. The molecule has 112 valence electrons. The third-order valence-corrected chi connectivity index (χ3v) is 5.44. The van der Waals surface area contributed by atoms with Crippen LogP contribution < -0.4 is 14.8 Å². The van der Waals surface area contributed by atoms with E-state index in [1.54, 1.807) is 25.3 Å². The van der Waals surface area contributed by atoms with Gasteiger partial charge in [-0.15, -0.1) is 0 Å². The fourth-order valence-electron chi connectivity index (χ4n) is 2.22. The van der Waals surface area contributed by atoms with E-state index in [4.69, 9.17) is 4.74 Å². The molecule has 0 radical (unpaired) electrons. The third kappa shape index (κ3) is 3.94. The molecule has 0 aromatic heterocycles. The van der Waals surface area contributed by atoms with Gasteiger partial charge in [-0.3, -0.25) is 0 Å². The molecule has 2 rings (SSSR count). The Morgan fingerprint density at radius 1 is 1.50 bits per heavy atom. The molecule has 5 nitrogen and oxygen atoms in total. The average molecular weight is 363 g/mol. The van der Waals surface area contributed by atoms with Crippen molar-refractivity contribution in [3.8, 4) is 5.75 Å². The standard InChI is InChI=1S/C13H19BrN2O3S/c1-19-13-5-4-11(7-12(13)14)20(17,18)16-9-10-3-2-6-15-8-10/h4-5,7,10,15-16H,2-3,6,8-9H2,1H3. The highest BCUT2D eigenvalue weighted by atomic mass is 79.9. The highest BCUT2D eigenvalue weighted by molar-refractivity contribution is 9.10. The minimum absolute atomic E-state index is 0.244. The summed E-state index contributed by atoms with van der Waals surface area (Å²) >= 11 is 3.30. The molecule has 1 aliphatic heterocycles. The molecule has 1 saturated heterocycles. The van der Waals surface area contributed by atoms with Gasteiger partial charge in [-0.25, -0.2) is 13.1 Å². The first kappa shape index (κ1) is 15.8. The SMILES string of the molecule is COc1ccc(S(=O)(=O)NCC2CCCNC2)cc1Br. The van der Waals surface area contributed by atoms with Crippen molar-refractivity contribution in [3.05, 3.63) is 22.7 Å². The smallest absolute Gasteiger partial charge is 0.240 e. The number of hydrogen-bond acceptors (Lipinski definition) is 4. The van der Waals surface area contributed by atoms with Crippen LogP contribution in [0.4, 0.5) is 0 Å². The lowest BCUT2D eigenvalue weighted by molar-refractivity contribution is 0.376. The molecule has 1 fully saturated rings. The maximum atomic E-state index is 12.2. The summed E-state index contributed by atoms with van der Waals surface area (Å²) in [4.78, 5) is 0.244. The van der Waals surface area contributed by atoms with Gasteiger partial charge in [0.1, 0.15) is 5.75 Å². The second kappa shape index (κ2) is 6.89. The Morgan fingerprint density at radius 2 is 2.30 bits per heavy atom. The number of halogens is 1. The first-order valence-electron chi connectivity index (χ1n) is 6.57. The van der Waals surface area contributed by atoms with Crippen molar-refractivity contribution in [2.45, 2.75) is 17.7 Å². The quantitative estimate of drug-likeness (QED) is 0.836. The zero-order chi connectivity index (χ0) is 14.6. The highest BCUT2D eigenvalue weighted by Crippen LogP contribution is 2.27. The molecule has 0 spiro atoms. The zero-order valence-corrected chi connectivity index (χ0v) is 13.8. The van der Waals surface area contributed by atoms with E-state index in [2.05, 4.69) is 26.0 Å². The summed E-state index contributed by atoms with van der Waals surface area (Å²) in [5.74, 6) is 0.973. The largest absolute Gasteiger partial charge is 0.496 e. The van der Waals surface area contributed by atoms with Crippen LogP contribution in [0.5, 0.6) is 5.75 Å². The monoisotopic (exact) mass is 362 g/mol. The molecule has 1 aromatic carbocycles. The number of rotatable bonds is 5. The van der Waals surface area contributed by atoms with Crippen LogP contribution in [0.15, 0.2) is 27.6 Å². The van der Waals surface area contributed by atoms with Crippen LogP contribution in [0, 0.1) is 5.92 Å². The van der Waals surface area contributed by atoms with Gasteiger partial charge in [0.05, 0.1) is 16.5 Å². The van der Waals surface area contributed by atoms with Crippen molar-refractivity contribution in [1.82, 2.24) is 10.0 Å². The maximum Gasteiger partial charge on any atom is 0.240 e. The van der Waals surface area contributed by atoms with Gasteiger partial charge in [-0.1, -0.05) is 0 Å². The van der Waals surface area contributed by atoms with E-state index in [-0.39, 0.29) is 4.90 Å². The summed E-state index contributed by atoms with van der Waals surface area (Å²) in [6, 6.07) is 4.74. The second-order valence-corrected chi connectivity index (χ2v) is 7.48. The van der Waals surface area contributed by atoms with Crippen molar-refractivity contribution in [1.29, 1.82) is 0 Å². The normalized spacial score (nSPS) is 19.8. The predicted octanol–water partition coefficient (Wildman–Crippen LogP) is 1.74. The van der Waals surface area contributed by atoms with Gasteiger partial charge < -0.3 is 10.1 Å². The highest BCUT2D eigenvalue weighted by Gasteiger charge is 2.19. The molecule has 1 atom stereocenters. The lowest BCUT2D eigenvalue weighted by Gasteiger charge is -2.22. The molecule has 2 N–H and O–H groups in total. The minimum atomic E-state index is -3.47. The molecule has 1 aliphatic rings. The van der Waals surface area contributed by atoms with E-state index in [0.29, 0.717) is 22.7 Å². The van der Waals surface area contributed by atoms with Gasteiger partial charge in [-0.2, -0.15) is 0 Å². The van der Waals surface area contributed by atoms with Crippen LogP contribution in [0.2, 0.25) is 0 Å². The summed E-state index contributed by atoms with van der Waals surface area (Å²) in [6.45, 7) is 2.36. The van der Waals surface area contributed by atoms with Gasteiger partial charge in [-0.05, 0) is 66.0 Å².